The van der Waals surface area contributed by atoms with Crippen LogP contribution in [-0.2, 0) is 10.9 Å². The monoisotopic (exact) mass is 233 g/mol. The van der Waals surface area contributed by atoms with Gasteiger partial charge in [0, 0.05) is 12.8 Å². The Morgan fingerprint density at radius 1 is 1.44 bits per heavy atom. The number of hydrogen-bond acceptors (Lipinski definition) is 3. The zero-order valence-electron chi connectivity index (χ0n) is 8.54. The van der Waals surface area contributed by atoms with Crippen molar-refractivity contribution in [3.8, 4) is 0 Å². The summed E-state index contributed by atoms with van der Waals surface area (Å²) in [7, 11) is 0. The van der Waals surface area contributed by atoms with E-state index in [9.17, 15) is 18.0 Å². The Balaban J connectivity index is 2.75. The first-order valence-electron chi connectivity index (χ1n) is 4.59. The molecule has 6 heteroatoms. The lowest BCUT2D eigenvalue weighted by molar-refractivity contribution is -0.137. The predicted octanol–water partition coefficient (Wildman–Crippen LogP) is 2.32. The SMILES string of the molecule is CCOCC(=O)c1ccc(C(F)(F)F)cn1. The van der Waals surface area contributed by atoms with E-state index in [4.69, 9.17) is 4.74 Å². The number of ether oxygens (including phenoxy) is 1. The van der Waals surface area contributed by atoms with Crippen LogP contribution in [-0.4, -0.2) is 24.0 Å². The molecule has 0 aliphatic rings. The summed E-state index contributed by atoms with van der Waals surface area (Å²) in [6.45, 7) is 1.91. The maximum Gasteiger partial charge on any atom is 0.417 e. The molecule has 1 aromatic rings. The fourth-order valence-electron chi connectivity index (χ4n) is 0.995. The third-order valence-electron chi connectivity index (χ3n) is 1.81. The number of hydrogen-bond donors (Lipinski definition) is 0. The molecule has 1 heterocycles. The fraction of sp³-hybridized carbons (Fsp3) is 0.400. The summed E-state index contributed by atoms with van der Waals surface area (Å²) in [5, 5.41) is 0. The third kappa shape index (κ3) is 3.30. The Labute approximate surface area is 90.2 Å². The van der Waals surface area contributed by atoms with E-state index < -0.39 is 17.5 Å². The molecular formula is C10H10F3NO2. The van der Waals surface area contributed by atoms with Crippen LogP contribution in [0.15, 0.2) is 18.3 Å². The van der Waals surface area contributed by atoms with E-state index in [0.29, 0.717) is 12.8 Å². The number of ketones is 1. The minimum absolute atomic E-state index is 0.0264. The topological polar surface area (TPSA) is 39.2 Å². The predicted molar refractivity (Wildman–Crippen MR) is 50.1 cm³/mol. The first kappa shape index (κ1) is 12.6. The molecule has 0 unspecified atom stereocenters. The van der Waals surface area contributed by atoms with Crippen LogP contribution >= 0.6 is 0 Å². The van der Waals surface area contributed by atoms with Gasteiger partial charge in [-0.25, -0.2) is 0 Å². The quantitative estimate of drug-likeness (QED) is 0.749. The first-order chi connectivity index (χ1) is 7.45. The lowest BCUT2D eigenvalue weighted by Gasteiger charge is -2.06. The summed E-state index contributed by atoms with van der Waals surface area (Å²) < 4.78 is 41.4. The molecule has 16 heavy (non-hydrogen) atoms. The van der Waals surface area contributed by atoms with E-state index in [1.165, 1.54) is 0 Å². The number of alkyl halides is 3. The summed E-state index contributed by atoms with van der Waals surface area (Å²) in [5.41, 5.74) is -0.901. The van der Waals surface area contributed by atoms with Gasteiger partial charge >= 0.3 is 6.18 Å². The van der Waals surface area contributed by atoms with Gasteiger partial charge in [0.25, 0.3) is 0 Å². The van der Waals surface area contributed by atoms with Crippen LogP contribution in [0.4, 0.5) is 13.2 Å². The van der Waals surface area contributed by atoms with Gasteiger partial charge in [-0.15, -0.1) is 0 Å². The zero-order valence-corrected chi connectivity index (χ0v) is 8.54. The van der Waals surface area contributed by atoms with Crippen molar-refractivity contribution in [2.75, 3.05) is 13.2 Å². The third-order valence-corrected chi connectivity index (χ3v) is 1.81. The van der Waals surface area contributed by atoms with Crippen molar-refractivity contribution in [1.82, 2.24) is 4.98 Å². The Hall–Kier alpha value is -1.43. The summed E-state index contributed by atoms with van der Waals surface area (Å²) >= 11 is 0. The van der Waals surface area contributed by atoms with Crippen LogP contribution in [0, 0.1) is 0 Å². The van der Waals surface area contributed by atoms with E-state index in [0.717, 1.165) is 12.1 Å². The number of carbonyl (C=O) groups excluding carboxylic acids is 1. The Morgan fingerprint density at radius 3 is 2.56 bits per heavy atom. The highest BCUT2D eigenvalue weighted by Crippen LogP contribution is 2.28. The molecule has 0 radical (unpaired) electrons. The normalized spacial score (nSPS) is 11.5. The molecule has 0 spiro atoms. The second kappa shape index (κ2) is 5.07. The van der Waals surface area contributed by atoms with E-state index in [2.05, 4.69) is 4.98 Å². The second-order valence-electron chi connectivity index (χ2n) is 2.99. The molecule has 88 valence electrons. The number of carbonyl (C=O) groups is 1. The molecule has 3 nitrogen and oxygen atoms in total. The summed E-state index contributed by atoms with van der Waals surface area (Å²) in [6.07, 6.45) is -3.80. The van der Waals surface area contributed by atoms with Gasteiger partial charge in [-0.05, 0) is 19.1 Å². The maximum absolute atomic E-state index is 12.2. The van der Waals surface area contributed by atoms with Crippen molar-refractivity contribution in [2.24, 2.45) is 0 Å². The number of pyridine rings is 1. The van der Waals surface area contributed by atoms with Gasteiger partial charge in [0.1, 0.15) is 12.3 Å². The van der Waals surface area contributed by atoms with E-state index in [1.54, 1.807) is 6.92 Å². The van der Waals surface area contributed by atoms with E-state index in [1.807, 2.05) is 0 Å². The smallest absolute Gasteiger partial charge is 0.374 e. The average Bonchev–Trinajstić information content (AvgIpc) is 2.25. The molecule has 0 saturated heterocycles. The van der Waals surface area contributed by atoms with Crippen LogP contribution in [0.25, 0.3) is 0 Å². The molecule has 0 aliphatic carbocycles. The molecule has 0 aliphatic heterocycles. The van der Waals surface area contributed by atoms with Crippen molar-refractivity contribution in [1.29, 1.82) is 0 Å². The first-order valence-corrected chi connectivity index (χ1v) is 4.59. The van der Waals surface area contributed by atoms with Crippen LogP contribution in [0.3, 0.4) is 0 Å². The van der Waals surface area contributed by atoms with Gasteiger partial charge < -0.3 is 4.74 Å². The molecule has 1 rings (SSSR count). The largest absolute Gasteiger partial charge is 0.417 e. The molecular weight excluding hydrogens is 223 g/mol. The molecule has 0 bridgehead atoms. The van der Waals surface area contributed by atoms with Crippen molar-refractivity contribution in [2.45, 2.75) is 13.1 Å². The Bertz CT molecular complexity index is 359. The van der Waals surface area contributed by atoms with Crippen molar-refractivity contribution >= 4 is 5.78 Å². The number of aromatic nitrogens is 1. The number of halogens is 3. The minimum Gasteiger partial charge on any atom is -0.374 e. The lowest BCUT2D eigenvalue weighted by atomic mass is 10.2. The van der Waals surface area contributed by atoms with Crippen molar-refractivity contribution < 1.29 is 22.7 Å². The highest BCUT2D eigenvalue weighted by atomic mass is 19.4. The van der Waals surface area contributed by atoms with Gasteiger partial charge in [-0.1, -0.05) is 0 Å². The summed E-state index contributed by atoms with van der Waals surface area (Å²) in [4.78, 5) is 14.7. The minimum atomic E-state index is -4.44. The van der Waals surface area contributed by atoms with E-state index in [-0.39, 0.29) is 12.3 Å². The highest BCUT2D eigenvalue weighted by molar-refractivity contribution is 5.95. The maximum atomic E-state index is 12.2. The number of nitrogens with zero attached hydrogens (tertiary/aromatic N) is 1. The zero-order chi connectivity index (χ0) is 12.2. The summed E-state index contributed by atoms with van der Waals surface area (Å²) in [6, 6.07) is 1.87. The van der Waals surface area contributed by atoms with Crippen molar-refractivity contribution in [3.63, 3.8) is 0 Å². The number of rotatable bonds is 4. The molecule has 0 N–H and O–H groups in total. The Morgan fingerprint density at radius 2 is 2.12 bits per heavy atom. The molecule has 0 fully saturated rings. The van der Waals surface area contributed by atoms with Gasteiger partial charge in [0.15, 0.2) is 0 Å². The van der Waals surface area contributed by atoms with Crippen LogP contribution in [0.1, 0.15) is 23.0 Å². The van der Waals surface area contributed by atoms with Gasteiger partial charge in [0.05, 0.1) is 5.56 Å². The van der Waals surface area contributed by atoms with E-state index >= 15 is 0 Å². The molecule has 0 amide bonds. The fourth-order valence-corrected chi connectivity index (χ4v) is 0.995. The van der Waals surface area contributed by atoms with Crippen molar-refractivity contribution in [3.05, 3.63) is 29.6 Å². The number of Topliss-reactive ketones (excluding diaryl/α,β-unsaturated/α-hetero) is 1. The molecule has 0 atom stereocenters. The highest BCUT2D eigenvalue weighted by Gasteiger charge is 2.30. The standard InChI is InChI=1S/C10H10F3NO2/c1-2-16-6-9(15)8-4-3-7(5-14-8)10(11,12)13/h3-5H,2,6H2,1H3. The Kier molecular flexibility index (Phi) is 4.00. The van der Waals surface area contributed by atoms with Crippen LogP contribution < -0.4 is 0 Å². The summed E-state index contributed by atoms with van der Waals surface area (Å²) in [5.74, 6) is -0.435. The van der Waals surface area contributed by atoms with Gasteiger partial charge in [-0.2, -0.15) is 13.2 Å². The molecule has 0 saturated carbocycles. The lowest BCUT2D eigenvalue weighted by Crippen LogP contribution is -2.12. The van der Waals surface area contributed by atoms with Crippen LogP contribution in [0.5, 0.6) is 0 Å². The van der Waals surface area contributed by atoms with Gasteiger partial charge in [-0.3, -0.25) is 9.78 Å². The second-order valence-corrected chi connectivity index (χ2v) is 2.99. The van der Waals surface area contributed by atoms with Gasteiger partial charge in [0.2, 0.25) is 5.78 Å². The molecule has 0 aromatic carbocycles. The van der Waals surface area contributed by atoms with Crippen LogP contribution in [0.2, 0.25) is 0 Å². The molecule has 1 aromatic heterocycles. The average molecular weight is 233 g/mol.